The van der Waals surface area contributed by atoms with Crippen LogP contribution in [0.15, 0.2) is 24.3 Å². The van der Waals surface area contributed by atoms with E-state index in [-0.39, 0.29) is 11.9 Å². The summed E-state index contributed by atoms with van der Waals surface area (Å²) in [4.78, 5) is 12.0. The lowest BCUT2D eigenvalue weighted by atomic mass is 9.97. The number of hydrogen-bond acceptors (Lipinski definition) is 2. The predicted molar refractivity (Wildman–Crippen MR) is 83.9 cm³/mol. The monoisotopic (exact) mass is 276 g/mol. The first-order valence-electron chi connectivity index (χ1n) is 7.74. The van der Waals surface area contributed by atoms with Gasteiger partial charge >= 0.3 is 5.97 Å². The highest BCUT2D eigenvalue weighted by Crippen LogP contribution is 2.20. The Kier molecular flexibility index (Phi) is 7.35. The molecule has 0 fully saturated rings. The third-order valence-electron chi connectivity index (χ3n) is 3.68. The Bertz CT molecular complexity index is 410. The van der Waals surface area contributed by atoms with E-state index in [9.17, 15) is 4.79 Å². The van der Waals surface area contributed by atoms with Crippen LogP contribution in [0.3, 0.4) is 0 Å². The molecule has 0 aliphatic carbocycles. The van der Waals surface area contributed by atoms with Gasteiger partial charge in [0.2, 0.25) is 0 Å². The number of aryl methyl sites for hydroxylation is 1. The number of carbonyl (C=O) groups is 1. The minimum absolute atomic E-state index is 0.108. The molecule has 20 heavy (non-hydrogen) atoms. The molecular formula is C18H28O2. The standard InChI is InChI=1S/C18H28O2/c1-14(2)10-6-5-9-13-20-18(19)16(4)17-12-8-7-11-15(17)3/h7-8,11-12,14,16H,5-6,9-10,13H2,1-4H3. The van der Waals surface area contributed by atoms with Gasteiger partial charge in [0, 0.05) is 0 Å². The van der Waals surface area contributed by atoms with Crippen molar-refractivity contribution < 1.29 is 9.53 Å². The second-order valence-electron chi connectivity index (χ2n) is 5.99. The maximum Gasteiger partial charge on any atom is 0.313 e. The van der Waals surface area contributed by atoms with Crippen LogP contribution in [0.4, 0.5) is 0 Å². The van der Waals surface area contributed by atoms with Crippen molar-refractivity contribution in [3.8, 4) is 0 Å². The van der Waals surface area contributed by atoms with Crippen LogP contribution in [0.25, 0.3) is 0 Å². The number of rotatable bonds is 8. The third kappa shape index (κ3) is 5.77. The molecule has 0 heterocycles. The van der Waals surface area contributed by atoms with Crippen LogP contribution >= 0.6 is 0 Å². The van der Waals surface area contributed by atoms with Crippen molar-refractivity contribution in [1.82, 2.24) is 0 Å². The molecule has 1 aromatic rings. The second-order valence-corrected chi connectivity index (χ2v) is 5.99. The fraction of sp³-hybridized carbons (Fsp3) is 0.611. The fourth-order valence-electron chi connectivity index (χ4n) is 2.33. The number of hydrogen-bond donors (Lipinski definition) is 0. The molecule has 0 aliphatic rings. The van der Waals surface area contributed by atoms with Crippen molar-refractivity contribution in [3.05, 3.63) is 35.4 Å². The summed E-state index contributed by atoms with van der Waals surface area (Å²) in [5.41, 5.74) is 2.21. The SMILES string of the molecule is Cc1ccccc1C(C)C(=O)OCCCCCC(C)C. The number of benzene rings is 1. The summed E-state index contributed by atoms with van der Waals surface area (Å²) in [5, 5.41) is 0. The molecule has 1 rings (SSSR count). The van der Waals surface area contributed by atoms with E-state index < -0.39 is 0 Å². The zero-order valence-corrected chi connectivity index (χ0v) is 13.3. The average molecular weight is 276 g/mol. The zero-order valence-electron chi connectivity index (χ0n) is 13.3. The first-order chi connectivity index (χ1) is 9.52. The van der Waals surface area contributed by atoms with E-state index >= 15 is 0 Å². The van der Waals surface area contributed by atoms with Crippen LogP contribution in [0.5, 0.6) is 0 Å². The Morgan fingerprint density at radius 1 is 1.10 bits per heavy atom. The first kappa shape index (κ1) is 16.7. The van der Waals surface area contributed by atoms with Crippen molar-refractivity contribution in [3.63, 3.8) is 0 Å². The molecule has 0 amide bonds. The fourth-order valence-corrected chi connectivity index (χ4v) is 2.33. The molecule has 0 saturated carbocycles. The summed E-state index contributed by atoms with van der Waals surface area (Å²) < 4.78 is 5.38. The molecule has 112 valence electrons. The molecule has 0 saturated heterocycles. The lowest BCUT2D eigenvalue weighted by Gasteiger charge is -2.14. The molecule has 0 N–H and O–H groups in total. The summed E-state index contributed by atoms with van der Waals surface area (Å²) in [6.45, 7) is 8.98. The topological polar surface area (TPSA) is 26.3 Å². The second kappa shape index (κ2) is 8.78. The van der Waals surface area contributed by atoms with Gasteiger partial charge in [-0.15, -0.1) is 0 Å². The molecule has 0 spiro atoms. The molecule has 0 radical (unpaired) electrons. The Morgan fingerprint density at radius 2 is 1.80 bits per heavy atom. The highest BCUT2D eigenvalue weighted by molar-refractivity contribution is 5.78. The summed E-state index contributed by atoms with van der Waals surface area (Å²) in [5.74, 6) is 0.480. The molecular weight excluding hydrogens is 248 g/mol. The van der Waals surface area contributed by atoms with Gasteiger partial charge in [0.05, 0.1) is 12.5 Å². The van der Waals surface area contributed by atoms with Crippen molar-refractivity contribution in [1.29, 1.82) is 0 Å². The molecule has 1 aromatic carbocycles. The lowest BCUT2D eigenvalue weighted by Crippen LogP contribution is -2.14. The molecule has 0 aromatic heterocycles. The van der Waals surface area contributed by atoms with Crippen molar-refractivity contribution in [2.75, 3.05) is 6.61 Å². The largest absolute Gasteiger partial charge is 0.465 e. The van der Waals surface area contributed by atoms with Crippen LogP contribution < -0.4 is 0 Å². The molecule has 1 unspecified atom stereocenters. The summed E-state index contributed by atoms with van der Waals surface area (Å²) >= 11 is 0. The minimum Gasteiger partial charge on any atom is -0.465 e. The van der Waals surface area contributed by atoms with Crippen molar-refractivity contribution in [2.45, 2.75) is 59.3 Å². The van der Waals surface area contributed by atoms with E-state index in [0.29, 0.717) is 6.61 Å². The highest BCUT2D eigenvalue weighted by Gasteiger charge is 2.17. The van der Waals surface area contributed by atoms with Gasteiger partial charge in [0.15, 0.2) is 0 Å². The van der Waals surface area contributed by atoms with E-state index in [1.54, 1.807) is 0 Å². The lowest BCUT2D eigenvalue weighted by molar-refractivity contribution is -0.145. The minimum atomic E-state index is -0.174. The van der Waals surface area contributed by atoms with Crippen molar-refractivity contribution in [2.24, 2.45) is 5.92 Å². The maximum absolute atomic E-state index is 12.0. The first-order valence-corrected chi connectivity index (χ1v) is 7.74. The Labute approximate surface area is 123 Å². The summed E-state index contributed by atoms with van der Waals surface area (Å²) in [6, 6.07) is 8.00. The van der Waals surface area contributed by atoms with Gasteiger partial charge in [-0.25, -0.2) is 0 Å². The molecule has 2 heteroatoms. The van der Waals surface area contributed by atoms with Gasteiger partial charge in [0.25, 0.3) is 0 Å². The van der Waals surface area contributed by atoms with E-state index in [2.05, 4.69) is 13.8 Å². The van der Waals surface area contributed by atoms with Gasteiger partial charge in [-0.1, -0.05) is 57.4 Å². The zero-order chi connectivity index (χ0) is 15.0. The van der Waals surface area contributed by atoms with Crippen LogP contribution in [0.1, 0.15) is 63.5 Å². The quantitative estimate of drug-likeness (QED) is 0.501. The Hall–Kier alpha value is -1.31. The molecule has 1 atom stereocenters. The molecule has 0 aliphatic heterocycles. The summed E-state index contributed by atoms with van der Waals surface area (Å²) in [7, 11) is 0. The number of esters is 1. The van der Waals surface area contributed by atoms with Crippen LogP contribution in [0, 0.1) is 12.8 Å². The average Bonchev–Trinajstić information content (AvgIpc) is 2.42. The molecule has 0 bridgehead atoms. The van der Waals surface area contributed by atoms with E-state index in [0.717, 1.165) is 29.9 Å². The van der Waals surface area contributed by atoms with Gasteiger partial charge in [-0.3, -0.25) is 4.79 Å². The number of carbonyl (C=O) groups excluding carboxylic acids is 1. The third-order valence-corrected chi connectivity index (χ3v) is 3.68. The smallest absolute Gasteiger partial charge is 0.313 e. The van der Waals surface area contributed by atoms with Gasteiger partial charge in [0.1, 0.15) is 0 Å². The van der Waals surface area contributed by atoms with Crippen LogP contribution in [0.2, 0.25) is 0 Å². The number of unbranched alkanes of at least 4 members (excludes halogenated alkanes) is 2. The van der Waals surface area contributed by atoms with Gasteiger partial charge in [-0.05, 0) is 37.3 Å². The Balaban J connectivity index is 2.27. The Morgan fingerprint density at radius 3 is 2.45 bits per heavy atom. The van der Waals surface area contributed by atoms with Gasteiger partial charge in [-0.2, -0.15) is 0 Å². The predicted octanol–water partition coefficient (Wildman–Crippen LogP) is 4.86. The highest BCUT2D eigenvalue weighted by atomic mass is 16.5. The maximum atomic E-state index is 12.0. The van der Waals surface area contributed by atoms with E-state index in [4.69, 9.17) is 4.74 Å². The summed E-state index contributed by atoms with van der Waals surface area (Å²) in [6.07, 6.45) is 4.60. The van der Waals surface area contributed by atoms with E-state index in [1.807, 2.05) is 38.1 Å². The van der Waals surface area contributed by atoms with Crippen LogP contribution in [-0.2, 0) is 9.53 Å². The van der Waals surface area contributed by atoms with Gasteiger partial charge < -0.3 is 4.74 Å². The molecule has 2 nitrogen and oxygen atoms in total. The van der Waals surface area contributed by atoms with Crippen LogP contribution in [-0.4, -0.2) is 12.6 Å². The van der Waals surface area contributed by atoms with Crippen molar-refractivity contribution >= 4 is 5.97 Å². The van der Waals surface area contributed by atoms with E-state index in [1.165, 1.54) is 12.8 Å². The normalized spacial score (nSPS) is 12.4. The number of ether oxygens (including phenoxy) is 1.